The lowest BCUT2D eigenvalue weighted by Crippen LogP contribution is -2.33. The number of thioether (sulfide) groups is 1. The molecule has 23 heavy (non-hydrogen) atoms. The van der Waals surface area contributed by atoms with E-state index >= 15 is 0 Å². The Hall–Kier alpha value is -1.98. The molecule has 0 aromatic heterocycles. The molecular weight excluding hydrogens is 306 g/mol. The van der Waals surface area contributed by atoms with Gasteiger partial charge in [0.05, 0.1) is 17.4 Å². The van der Waals surface area contributed by atoms with Gasteiger partial charge in [0.2, 0.25) is 0 Å². The fraction of sp³-hybridized carbons (Fsp3) is 0.278. The summed E-state index contributed by atoms with van der Waals surface area (Å²) in [6.07, 6.45) is 0. The first-order valence-corrected chi connectivity index (χ1v) is 8.63. The predicted molar refractivity (Wildman–Crippen MR) is 100 cm³/mol. The standard InChI is InChI=1S/C18H23N3OS/c1-21(2)16-10-6-9-14(17(16)20)18(22)15(19)12-23-11-13-7-4-3-5-8-13/h3-10,15H,11-12,19-20H2,1-2H3/t15-/m0/s1. The summed E-state index contributed by atoms with van der Waals surface area (Å²) in [4.78, 5) is 14.4. The first-order chi connectivity index (χ1) is 11.0. The van der Waals surface area contributed by atoms with Gasteiger partial charge in [0.15, 0.2) is 5.78 Å². The highest BCUT2D eigenvalue weighted by molar-refractivity contribution is 7.98. The van der Waals surface area contributed by atoms with Crippen LogP contribution in [0.5, 0.6) is 0 Å². The van der Waals surface area contributed by atoms with Crippen molar-refractivity contribution in [2.24, 2.45) is 5.73 Å². The summed E-state index contributed by atoms with van der Waals surface area (Å²) in [6, 6.07) is 15.1. The quantitative estimate of drug-likeness (QED) is 0.604. The maximum Gasteiger partial charge on any atom is 0.182 e. The number of ketones is 1. The first kappa shape index (κ1) is 17.4. The maximum absolute atomic E-state index is 12.5. The summed E-state index contributed by atoms with van der Waals surface area (Å²) in [7, 11) is 3.80. The van der Waals surface area contributed by atoms with Crippen LogP contribution in [-0.2, 0) is 5.75 Å². The molecule has 4 N–H and O–H groups in total. The zero-order valence-corrected chi connectivity index (χ0v) is 14.3. The third kappa shape index (κ3) is 4.50. The molecule has 1 atom stereocenters. The molecule has 0 spiro atoms. The molecule has 0 saturated heterocycles. The summed E-state index contributed by atoms with van der Waals surface area (Å²) >= 11 is 1.66. The Morgan fingerprint density at radius 1 is 1.13 bits per heavy atom. The molecule has 0 aliphatic heterocycles. The number of carbonyl (C=O) groups is 1. The van der Waals surface area contributed by atoms with E-state index in [9.17, 15) is 4.79 Å². The Balaban J connectivity index is 1.98. The highest BCUT2D eigenvalue weighted by Gasteiger charge is 2.20. The van der Waals surface area contributed by atoms with Crippen LogP contribution in [-0.4, -0.2) is 31.7 Å². The van der Waals surface area contributed by atoms with E-state index in [2.05, 4.69) is 12.1 Å². The molecule has 0 aliphatic rings. The summed E-state index contributed by atoms with van der Waals surface area (Å²) in [5.74, 6) is 1.31. The number of nitrogens with zero attached hydrogens (tertiary/aromatic N) is 1. The van der Waals surface area contributed by atoms with Crippen molar-refractivity contribution >= 4 is 28.9 Å². The lowest BCUT2D eigenvalue weighted by Gasteiger charge is -2.18. The van der Waals surface area contributed by atoms with Crippen LogP contribution in [0.4, 0.5) is 11.4 Å². The average molecular weight is 329 g/mol. The number of rotatable bonds is 7. The molecule has 0 aliphatic carbocycles. The van der Waals surface area contributed by atoms with Crippen molar-refractivity contribution in [3.63, 3.8) is 0 Å². The van der Waals surface area contributed by atoms with Gasteiger partial charge in [0.25, 0.3) is 0 Å². The lowest BCUT2D eigenvalue weighted by atomic mass is 10.0. The lowest BCUT2D eigenvalue weighted by molar-refractivity contribution is 0.0970. The van der Waals surface area contributed by atoms with E-state index < -0.39 is 6.04 Å². The number of anilines is 2. The van der Waals surface area contributed by atoms with Crippen LogP contribution in [0.25, 0.3) is 0 Å². The Bertz CT molecular complexity index is 659. The van der Waals surface area contributed by atoms with E-state index in [1.54, 1.807) is 17.8 Å². The Morgan fingerprint density at radius 3 is 2.48 bits per heavy atom. The molecule has 2 aromatic rings. The van der Waals surface area contributed by atoms with Crippen LogP contribution in [0.3, 0.4) is 0 Å². The molecule has 122 valence electrons. The molecule has 0 heterocycles. The van der Waals surface area contributed by atoms with E-state index in [1.165, 1.54) is 5.56 Å². The number of hydrogen-bond acceptors (Lipinski definition) is 5. The van der Waals surface area contributed by atoms with Crippen LogP contribution in [0, 0.1) is 0 Å². The molecule has 0 radical (unpaired) electrons. The van der Waals surface area contributed by atoms with Gasteiger partial charge in [0, 0.05) is 31.2 Å². The Kier molecular flexibility index (Phi) is 6.07. The van der Waals surface area contributed by atoms with Crippen molar-refractivity contribution in [3.8, 4) is 0 Å². The summed E-state index contributed by atoms with van der Waals surface area (Å²) in [6.45, 7) is 0. The SMILES string of the molecule is CN(C)c1cccc(C(=O)[C@@H](N)CSCc2ccccc2)c1N. The van der Waals surface area contributed by atoms with Gasteiger partial charge in [0.1, 0.15) is 0 Å². The van der Waals surface area contributed by atoms with Crippen LogP contribution < -0.4 is 16.4 Å². The third-order valence-corrected chi connectivity index (χ3v) is 4.71. The van der Waals surface area contributed by atoms with Crippen molar-refractivity contribution in [1.82, 2.24) is 0 Å². The van der Waals surface area contributed by atoms with E-state index in [1.807, 2.05) is 49.3 Å². The number of Topliss-reactive ketones (excluding diaryl/α,β-unsaturated/α-hetero) is 1. The fourth-order valence-electron chi connectivity index (χ4n) is 2.31. The fourth-order valence-corrected chi connectivity index (χ4v) is 3.26. The molecule has 2 rings (SSSR count). The van der Waals surface area contributed by atoms with Gasteiger partial charge in [-0.05, 0) is 17.7 Å². The van der Waals surface area contributed by atoms with Gasteiger partial charge < -0.3 is 16.4 Å². The first-order valence-electron chi connectivity index (χ1n) is 7.48. The van der Waals surface area contributed by atoms with E-state index in [0.717, 1.165) is 11.4 Å². The third-order valence-electron chi connectivity index (χ3n) is 3.58. The zero-order chi connectivity index (χ0) is 16.8. The van der Waals surface area contributed by atoms with E-state index in [0.29, 0.717) is 17.0 Å². The normalized spacial score (nSPS) is 12.0. The van der Waals surface area contributed by atoms with Crippen LogP contribution in [0.15, 0.2) is 48.5 Å². The van der Waals surface area contributed by atoms with Crippen LogP contribution in [0.1, 0.15) is 15.9 Å². The van der Waals surface area contributed by atoms with Gasteiger partial charge in [-0.15, -0.1) is 0 Å². The molecule has 0 saturated carbocycles. The van der Waals surface area contributed by atoms with Crippen molar-refractivity contribution in [3.05, 3.63) is 59.7 Å². The second-order valence-corrected chi connectivity index (χ2v) is 6.63. The smallest absolute Gasteiger partial charge is 0.182 e. The number of benzene rings is 2. The number of nitrogen functional groups attached to an aromatic ring is 1. The van der Waals surface area contributed by atoms with Crippen molar-refractivity contribution in [1.29, 1.82) is 0 Å². The molecule has 0 bridgehead atoms. The van der Waals surface area contributed by atoms with Gasteiger partial charge >= 0.3 is 0 Å². The summed E-state index contributed by atoms with van der Waals surface area (Å²) < 4.78 is 0. The number of carbonyl (C=O) groups excluding carboxylic acids is 1. The van der Waals surface area contributed by atoms with Crippen molar-refractivity contribution in [2.45, 2.75) is 11.8 Å². The number of nitrogens with two attached hydrogens (primary N) is 2. The second-order valence-electron chi connectivity index (χ2n) is 5.60. The predicted octanol–water partition coefficient (Wildman–Crippen LogP) is 2.78. The average Bonchev–Trinajstić information content (AvgIpc) is 2.55. The Labute approximate surface area is 141 Å². The molecule has 5 heteroatoms. The molecule has 0 amide bonds. The molecular formula is C18H23N3OS. The van der Waals surface area contributed by atoms with E-state index in [-0.39, 0.29) is 5.78 Å². The summed E-state index contributed by atoms with van der Waals surface area (Å²) in [5, 5.41) is 0. The van der Waals surface area contributed by atoms with Gasteiger partial charge in [-0.3, -0.25) is 4.79 Å². The van der Waals surface area contributed by atoms with E-state index in [4.69, 9.17) is 11.5 Å². The van der Waals surface area contributed by atoms with Crippen LogP contribution >= 0.6 is 11.8 Å². The van der Waals surface area contributed by atoms with Gasteiger partial charge in [-0.1, -0.05) is 36.4 Å². The largest absolute Gasteiger partial charge is 0.396 e. The second kappa shape index (κ2) is 8.04. The molecule has 0 unspecified atom stereocenters. The zero-order valence-electron chi connectivity index (χ0n) is 13.5. The van der Waals surface area contributed by atoms with Crippen molar-refractivity contribution in [2.75, 3.05) is 30.5 Å². The molecule has 2 aromatic carbocycles. The minimum absolute atomic E-state index is 0.105. The molecule has 0 fully saturated rings. The van der Waals surface area contributed by atoms with Crippen molar-refractivity contribution < 1.29 is 4.79 Å². The minimum atomic E-state index is -0.552. The number of hydrogen-bond donors (Lipinski definition) is 2. The topological polar surface area (TPSA) is 72.3 Å². The van der Waals surface area contributed by atoms with Gasteiger partial charge in [-0.2, -0.15) is 11.8 Å². The summed E-state index contributed by atoms with van der Waals surface area (Å²) in [5.41, 5.74) is 15.2. The van der Waals surface area contributed by atoms with Crippen LogP contribution in [0.2, 0.25) is 0 Å². The van der Waals surface area contributed by atoms with Gasteiger partial charge in [-0.25, -0.2) is 0 Å². The minimum Gasteiger partial charge on any atom is -0.396 e. The highest BCUT2D eigenvalue weighted by Crippen LogP contribution is 2.26. The molecule has 4 nitrogen and oxygen atoms in total. The highest BCUT2D eigenvalue weighted by atomic mass is 32.2. The number of para-hydroxylation sites is 1. The monoisotopic (exact) mass is 329 g/mol. The maximum atomic E-state index is 12.5. The Morgan fingerprint density at radius 2 is 1.83 bits per heavy atom.